The highest BCUT2D eigenvalue weighted by Crippen LogP contribution is 2.37. The van der Waals surface area contributed by atoms with E-state index in [1.807, 2.05) is 0 Å². The predicted octanol–water partition coefficient (Wildman–Crippen LogP) is 5.03. The topological polar surface area (TPSA) is 135 Å². The number of halogens is 3. The number of carbonyl (C=O) groups excluding carboxylic acids is 1. The summed E-state index contributed by atoms with van der Waals surface area (Å²) in [6.07, 6.45) is -3.45. The van der Waals surface area contributed by atoms with Crippen molar-refractivity contribution < 1.29 is 36.9 Å². The van der Waals surface area contributed by atoms with Crippen LogP contribution in [0.2, 0.25) is 0 Å². The van der Waals surface area contributed by atoms with E-state index in [2.05, 4.69) is 25.9 Å². The molecule has 1 heterocycles. The van der Waals surface area contributed by atoms with Crippen molar-refractivity contribution in [1.82, 2.24) is 15.3 Å². The third kappa shape index (κ3) is 7.85. The van der Waals surface area contributed by atoms with Gasteiger partial charge in [-0.1, -0.05) is 18.2 Å². The molecule has 2 unspecified atom stereocenters. The van der Waals surface area contributed by atoms with Gasteiger partial charge in [0.25, 0.3) is 5.91 Å². The van der Waals surface area contributed by atoms with E-state index in [1.54, 1.807) is 30.3 Å². The van der Waals surface area contributed by atoms with Gasteiger partial charge in [-0.3, -0.25) is 4.79 Å². The van der Waals surface area contributed by atoms with Crippen molar-refractivity contribution in [3.05, 3.63) is 65.4 Å². The number of amides is 1. The molecular weight excluding hydrogens is 538 g/mol. The molecule has 0 aliphatic carbocycles. The second-order valence-electron chi connectivity index (χ2n) is 8.30. The second kappa shape index (κ2) is 13.3. The van der Waals surface area contributed by atoms with Gasteiger partial charge in [-0.05, 0) is 34.4 Å². The zero-order chi connectivity index (χ0) is 28.6. The number of hydrogen-bond acceptors (Lipinski definition) is 8. The van der Waals surface area contributed by atoms with Crippen LogP contribution in [0.1, 0.15) is 27.9 Å². The van der Waals surface area contributed by atoms with Crippen LogP contribution in [0.25, 0.3) is 0 Å². The Morgan fingerprint density at radius 3 is 2.51 bits per heavy atom. The van der Waals surface area contributed by atoms with Crippen LogP contribution in [0.15, 0.2) is 48.7 Å². The minimum Gasteiger partial charge on any atom is -0.495 e. The number of nitrogens with one attached hydrogen (secondary N) is 3. The maximum absolute atomic E-state index is 13.8. The lowest BCUT2D eigenvalue weighted by Crippen LogP contribution is -2.20. The third-order valence-corrected chi connectivity index (χ3v) is 6.76. The molecule has 0 saturated carbocycles. The number of para-hydroxylation sites is 1. The van der Waals surface area contributed by atoms with E-state index < -0.39 is 37.2 Å². The summed E-state index contributed by atoms with van der Waals surface area (Å²) in [5, 5.41) is 7.91. The van der Waals surface area contributed by atoms with Gasteiger partial charge in [0.05, 0.1) is 30.7 Å². The molecule has 10 nitrogen and oxygen atoms in total. The number of ether oxygens (including phenoxy) is 2. The highest BCUT2D eigenvalue weighted by atomic mass is 31.1. The Kier molecular flexibility index (Phi) is 10.2. The molecule has 1 aromatic heterocycles. The van der Waals surface area contributed by atoms with E-state index in [0.717, 1.165) is 5.56 Å². The highest BCUT2D eigenvalue weighted by molar-refractivity contribution is 7.38. The molecule has 14 heteroatoms. The van der Waals surface area contributed by atoms with Gasteiger partial charge >= 0.3 is 14.2 Å². The maximum atomic E-state index is 13.8. The summed E-state index contributed by atoms with van der Waals surface area (Å²) in [5.41, 5.74) is -0.307. The Balaban J connectivity index is 1.92. The summed E-state index contributed by atoms with van der Waals surface area (Å²) in [4.78, 5) is 29.7. The number of anilines is 4. The Bertz CT molecular complexity index is 1330. The molecule has 0 bridgehead atoms. The van der Waals surface area contributed by atoms with Crippen molar-refractivity contribution in [3.63, 3.8) is 0 Å². The van der Waals surface area contributed by atoms with Crippen molar-refractivity contribution in [3.8, 4) is 5.75 Å². The van der Waals surface area contributed by atoms with E-state index in [4.69, 9.17) is 9.47 Å². The smallest absolute Gasteiger partial charge is 0.495 e. The van der Waals surface area contributed by atoms with Crippen LogP contribution < -0.4 is 20.7 Å². The van der Waals surface area contributed by atoms with E-state index in [9.17, 15) is 27.4 Å². The zero-order valence-corrected chi connectivity index (χ0v) is 22.3. The molecule has 39 heavy (non-hydrogen) atoms. The van der Waals surface area contributed by atoms with Crippen LogP contribution >= 0.6 is 8.03 Å². The molecule has 2 atom stereocenters. The van der Waals surface area contributed by atoms with Gasteiger partial charge in [-0.2, -0.15) is 23.0 Å². The Hall–Kier alpha value is -3.80. The van der Waals surface area contributed by atoms with Gasteiger partial charge in [-0.15, -0.1) is 0 Å². The number of methoxy groups -OCH3 is 2. The lowest BCUT2D eigenvalue weighted by molar-refractivity contribution is -0.137. The number of rotatable bonds is 12. The summed E-state index contributed by atoms with van der Waals surface area (Å²) in [5.74, 6) is -0.877. The van der Waals surface area contributed by atoms with Crippen molar-refractivity contribution in [2.24, 2.45) is 0 Å². The molecule has 0 fully saturated rings. The molecule has 3 aromatic rings. The van der Waals surface area contributed by atoms with Gasteiger partial charge in [0.2, 0.25) is 5.95 Å². The first kappa shape index (κ1) is 29.8. The van der Waals surface area contributed by atoms with Gasteiger partial charge < -0.3 is 25.4 Å². The average Bonchev–Trinajstić information content (AvgIpc) is 2.90. The molecule has 3 rings (SSSR count). The Morgan fingerprint density at radius 2 is 1.87 bits per heavy atom. The zero-order valence-electron chi connectivity index (χ0n) is 21.4. The minimum atomic E-state index is -4.77. The third-order valence-electron chi connectivity index (χ3n) is 5.70. The first-order chi connectivity index (χ1) is 18.6. The molecule has 0 spiro atoms. The van der Waals surface area contributed by atoms with Gasteiger partial charge in [-0.25, -0.2) is 4.98 Å². The van der Waals surface area contributed by atoms with Crippen molar-refractivity contribution in [2.45, 2.75) is 24.7 Å². The first-order valence-electron chi connectivity index (χ1n) is 11.7. The van der Waals surface area contributed by atoms with Gasteiger partial charge in [0.1, 0.15) is 17.1 Å². The normalized spacial score (nSPS) is 12.4. The Labute approximate surface area is 223 Å². The average molecular weight is 566 g/mol. The van der Waals surface area contributed by atoms with Crippen LogP contribution in [0.5, 0.6) is 5.75 Å². The predicted molar refractivity (Wildman–Crippen MR) is 140 cm³/mol. The molecule has 4 N–H and O–H groups in total. The summed E-state index contributed by atoms with van der Waals surface area (Å²) >= 11 is 0. The summed E-state index contributed by atoms with van der Waals surface area (Å²) in [6.45, 7) is 0.332. The van der Waals surface area contributed by atoms with E-state index >= 15 is 0 Å². The summed E-state index contributed by atoms with van der Waals surface area (Å²) in [6, 6.07) is 11.1. The number of nitrogens with zero attached hydrogens (tertiary/aromatic N) is 2. The molecule has 0 aliphatic rings. The molecule has 0 saturated heterocycles. The number of alkyl halides is 3. The van der Waals surface area contributed by atoms with Gasteiger partial charge in [0.15, 0.2) is 5.66 Å². The fourth-order valence-electron chi connectivity index (χ4n) is 3.70. The standard InChI is InChI=1S/C25H27F3N5O5P/c1-29-23(34)17-6-4-5-7-19(17)31-22-18(25(26,27)28)14-30-24(33-22)32-20-9-8-15(13-21(20)38-3)12-16(39(35)36)10-11-37-2/h4-9,13-14,16H,10-12H2,1-3H3,(H3-,29,30,31,32,33,34,35,36)/p+1. The first-order valence-corrected chi connectivity index (χ1v) is 13.0. The molecule has 0 aliphatic heterocycles. The molecule has 2 aromatic carbocycles. The van der Waals surface area contributed by atoms with E-state index in [1.165, 1.54) is 33.4 Å². The van der Waals surface area contributed by atoms with E-state index in [0.29, 0.717) is 37.1 Å². The van der Waals surface area contributed by atoms with Crippen molar-refractivity contribution in [1.29, 1.82) is 0 Å². The number of benzene rings is 2. The maximum Gasteiger partial charge on any atom is 0.509 e. The second-order valence-corrected chi connectivity index (χ2v) is 9.64. The SMILES string of the molecule is CNC(=O)c1ccccc1Nc1nc(Nc2ccc(CC(CCOC)[P+](=O)O)cc2OC)ncc1C(F)(F)F. The van der Waals surface area contributed by atoms with Crippen LogP contribution in [-0.4, -0.2) is 54.3 Å². The highest BCUT2D eigenvalue weighted by Gasteiger charge is 2.36. The summed E-state index contributed by atoms with van der Waals surface area (Å²) in [7, 11) is 1.90. The minimum absolute atomic E-state index is 0.124. The molecule has 1 amide bonds. The van der Waals surface area contributed by atoms with Crippen molar-refractivity contribution >= 4 is 37.1 Å². The van der Waals surface area contributed by atoms with Crippen LogP contribution in [0.4, 0.5) is 36.3 Å². The lowest BCUT2D eigenvalue weighted by atomic mass is 10.1. The number of aromatic nitrogens is 2. The number of hydrogen-bond donors (Lipinski definition) is 4. The quantitative estimate of drug-likeness (QED) is 0.223. The molecular formula is C25H28F3N5O5P+. The molecule has 0 radical (unpaired) electrons. The Morgan fingerprint density at radius 1 is 1.13 bits per heavy atom. The largest absolute Gasteiger partial charge is 0.509 e. The monoisotopic (exact) mass is 566 g/mol. The number of carbonyl (C=O) groups is 1. The molecule has 208 valence electrons. The van der Waals surface area contributed by atoms with Crippen LogP contribution in [0.3, 0.4) is 0 Å². The lowest BCUT2D eigenvalue weighted by Gasteiger charge is -2.17. The van der Waals surface area contributed by atoms with Crippen molar-refractivity contribution in [2.75, 3.05) is 38.5 Å². The van der Waals surface area contributed by atoms with Gasteiger partial charge in [0, 0.05) is 33.2 Å². The fourth-order valence-corrected chi connectivity index (χ4v) is 4.39. The summed E-state index contributed by atoms with van der Waals surface area (Å²) < 4.78 is 63.4. The van der Waals surface area contributed by atoms with Crippen LogP contribution in [0, 0.1) is 0 Å². The van der Waals surface area contributed by atoms with E-state index in [-0.39, 0.29) is 17.2 Å². The van der Waals surface area contributed by atoms with Crippen LogP contribution in [-0.2, 0) is 21.9 Å². The fraction of sp³-hybridized carbons (Fsp3) is 0.320.